The van der Waals surface area contributed by atoms with E-state index in [0.717, 1.165) is 17.0 Å². The highest BCUT2D eigenvalue weighted by molar-refractivity contribution is 5.49. The third kappa shape index (κ3) is 3.30. The van der Waals surface area contributed by atoms with Crippen LogP contribution in [0.25, 0.3) is 0 Å². The van der Waals surface area contributed by atoms with Crippen LogP contribution in [0.4, 0.5) is 5.69 Å². The van der Waals surface area contributed by atoms with Crippen LogP contribution in [-0.4, -0.2) is 13.2 Å². The van der Waals surface area contributed by atoms with E-state index in [4.69, 9.17) is 4.74 Å². The Morgan fingerprint density at radius 3 is 2.30 bits per heavy atom. The lowest BCUT2D eigenvalue weighted by Gasteiger charge is -2.27. The van der Waals surface area contributed by atoms with Gasteiger partial charge in [0.2, 0.25) is 0 Å². The van der Waals surface area contributed by atoms with Gasteiger partial charge in [0.1, 0.15) is 11.8 Å². The minimum atomic E-state index is -0.181. The standard InChI is InChI=1S/C17H18N2O/c1-14(12-18)19(16-6-4-3-5-7-16)13-15-8-10-17(20-2)11-9-15/h3-11,14H,13H2,1-2H3. The minimum absolute atomic E-state index is 0.181. The van der Waals surface area contributed by atoms with Crippen molar-refractivity contribution in [2.75, 3.05) is 12.0 Å². The van der Waals surface area contributed by atoms with E-state index in [1.807, 2.05) is 61.5 Å². The Bertz CT molecular complexity index is 572. The van der Waals surface area contributed by atoms with Crippen molar-refractivity contribution in [1.29, 1.82) is 5.26 Å². The van der Waals surface area contributed by atoms with Crippen LogP contribution in [0, 0.1) is 11.3 Å². The normalized spacial score (nSPS) is 11.4. The van der Waals surface area contributed by atoms with Gasteiger partial charge in [-0.2, -0.15) is 5.26 Å². The molecular formula is C17H18N2O. The van der Waals surface area contributed by atoms with Crippen LogP contribution in [0.2, 0.25) is 0 Å². The highest BCUT2D eigenvalue weighted by Crippen LogP contribution is 2.20. The average molecular weight is 266 g/mol. The summed E-state index contributed by atoms with van der Waals surface area (Å²) in [6.45, 7) is 2.61. The zero-order valence-electron chi connectivity index (χ0n) is 11.8. The van der Waals surface area contributed by atoms with Crippen LogP contribution in [0.1, 0.15) is 12.5 Å². The van der Waals surface area contributed by atoms with Crippen LogP contribution < -0.4 is 9.64 Å². The third-order valence-corrected chi connectivity index (χ3v) is 3.25. The number of benzene rings is 2. The van der Waals surface area contributed by atoms with Crippen molar-refractivity contribution in [2.45, 2.75) is 19.5 Å². The number of hydrogen-bond donors (Lipinski definition) is 0. The summed E-state index contributed by atoms with van der Waals surface area (Å²) in [5, 5.41) is 9.22. The number of methoxy groups -OCH3 is 1. The fraction of sp³-hybridized carbons (Fsp3) is 0.235. The summed E-state index contributed by atoms with van der Waals surface area (Å²) in [5.41, 5.74) is 2.20. The topological polar surface area (TPSA) is 36.3 Å². The maximum Gasteiger partial charge on any atom is 0.118 e. The zero-order chi connectivity index (χ0) is 14.4. The van der Waals surface area contributed by atoms with Crippen LogP contribution >= 0.6 is 0 Å². The molecule has 0 heterocycles. The summed E-state index contributed by atoms with van der Waals surface area (Å²) >= 11 is 0. The molecule has 0 amide bonds. The van der Waals surface area contributed by atoms with Gasteiger partial charge in [-0.3, -0.25) is 0 Å². The smallest absolute Gasteiger partial charge is 0.118 e. The number of nitriles is 1. The van der Waals surface area contributed by atoms with E-state index in [1.165, 1.54) is 0 Å². The van der Waals surface area contributed by atoms with Gasteiger partial charge in [-0.05, 0) is 36.8 Å². The lowest BCUT2D eigenvalue weighted by atomic mass is 10.1. The van der Waals surface area contributed by atoms with Gasteiger partial charge >= 0.3 is 0 Å². The summed E-state index contributed by atoms with van der Waals surface area (Å²) in [6.07, 6.45) is 0. The molecule has 0 aromatic heterocycles. The first kappa shape index (κ1) is 14.0. The molecule has 0 saturated heterocycles. The summed E-state index contributed by atoms with van der Waals surface area (Å²) in [6, 6.07) is 20.1. The second-order valence-corrected chi connectivity index (χ2v) is 4.62. The molecule has 3 nitrogen and oxygen atoms in total. The van der Waals surface area contributed by atoms with Crippen LogP contribution in [0.3, 0.4) is 0 Å². The molecule has 0 fully saturated rings. The zero-order valence-corrected chi connectivity index (χ0v) is 11.8. The fourth-order valence-corrected chi connectivity index (χ4v) is 2.07. The molecular weight excluding hydrogens is 248 g/mol. The maximum absolute atomic E-state index is 9.22. The molecule has 0 spiro atoms. The van der Waals surface area contributed by atoms with Crippen molar-refractivity contribution in [3.63, 3.8) is 0 Å². The third-order valence-electron chi connectivity index (χ3n) is 3.25. The average Bonchev–Trinajstić information content (AvgIpc) is 2.53. The van der Waals surface area contributed by atoms with Crippen LogP contribution in [0.5, 0.6) is 5.75 Å². The van der Waals surface area contributed by atoms with Crippen molar-refractivity contribution in [3.8, 4) is 11.8 Å². The summed E-state index contributed by atoms with van der Waals surface area (Å²) in [4.78, 5) is 2.09. The van der Waals surface area contributed by atoms with E-state index in [-0.39, 0.29) is 6.04 Å². The predicted octanol–water partition coefficient (Wildman–Crippen LogP) is 3.61. The van der Waals surface area contributed by atoms with E-state index in [0.29, 0.717) is 6.54 Å². The monoisotopic (exact) mass is 266 g/mol. The summed E-state index contributed by atoms with van der Waals surface area (Å²) in [5.74, 6) is 0.841. The molecule has 2 aromatic carbocycles. The number of hydrogen-bond acceptors (Lipinski definition) is 3. The molecule has 1 atom stereocenters. The molecule has 0 radical (unpaired) electrons. The van der Waals surface area contributed by atoms with E-state index in [2.05, 4.69) is 11.0 Å². The van der Waals surface area contributed by atoms with Crippen molar-refractivity contribution in [2.24, 2.45) is 0 Å². The number of rotatable bonds is 5. The van der Waals surface area contributed by atoms with Gasteiger partial charge in [0.25, 0.3) is 0 Å². The highest BCUT2D eigenvalue weighted by Gasteiger charge is 2.14. The number of para-hydroxylation sites is 1. The molecule has 1 unspecified atom stereocenters. The molecule has 20 heavy (non-hydrogen) atoms. The molecule has 0 bridgehead atoms. The molecule has 0 aliphatic rings. The largest absolute Gasteiger partial charge is 0.497 e. The molecule has 2 rings (SSSR count). The number of anilines is 1. The minimum Gasteiger partial charge on any atom is -0.497 e. The van der Waals surface area contributed by atoms with E-state index < -0.39 is 0 Å². The lowest BCUT2D eigenvalue weighted by Crippen LogP contribution is -2.31. The predicted molar refractivity (Wildman–Crippen MR) is 80.7 cm³/mol. The van der Waals surface area contributed by atoms with E-state index in [1.54, 1.807) is 7.11 Å². The van der Waals surface area contributed by atoms with Gasteiger partial charge in [-0.15, -0.1) is 0 Å². The summed E-state index contributed by atoms with van der Waals surface area (Å²) < 4.78 is 5.16. The molecule has 102 valence electrons. The van der Waals surface area contributed by atoms with Gasteiger partial charge in [-0.25, -0.2) is 0 Å². The first-order valence-electron chi connectivity index (χ1n) is 6.59. The molecule has 0 aliphatic carbocycles. The lowest BCUT2D eigenvalue weighted by molar-refractivity contribution is 0.414. The SMILES string of the molecule is COc1ccc(CN(c2ccccc2)C(C)C#N)cc1. The first-order valence-corrected chi connectivity index (χ1v) is 6.59. The molecule has 2 aromatic rings. The van der Waals surface area contributed by atoms with Gasteiger partial charge in [-0.1, -0.05) is 30.3 Å². The van der Waals surface area contributed by atoms with Gasteiger partial charge < -0.3 is 9.64 Å². The highest BCUT2D eigenvalue weighted by atomic mass is 16.5. The van der Waals surface area contributed by atoms with Crippen LogP contribution in [-0.2, 0) is 6.54 Å². The summed E-state index contributed by atoms with van der Waals surface area (Å²) in [7, 11) is 1.66. The maximum atomic E-state index is 9.22. The Hall–Kier alpha value is -2.47. The first-order chi connectivity index (χ1) is 9.74. The number of ether oxygens (including phenoxy) is 1. The number of nitrogens with zero attached hydrogens (tertiary/aromatic N) is 2. The van der Waals surface area contributed by atoms with Crippen LogP contribution in [0.15, 0.2) is 54.6 Å². The Balaban J connectivity index is 2.22. The van der Waals surface area contributed by atoms with E-state index >= 15 is 0 Å². The fourth-order valence-electron chi connectivity index (χ4n) is 2.07. The van der Waals surface area contributed by atoms with Crippen molar-refractivity contribution < 1.29 is 4.74 Å². The second-order valence-electron chi connectivity index (χ2n) is 4.62. The quantitative estimate of drug-likeness (QED) is 0.829. The second kappa shape index (κ2) is 6.63. The Labute approximate surface area is 120 Å². The van der Waals surface area contributed by atoms with Gasteiger partial charge in [0, 0.05) is 12.2 Å². The Morgan fingerprint density at radius 2 is 1.75 bits per heavy atom. The molecule has 3 heteroatoms. The van der Waals surface area contributed by atoms with Crippen molar-refractivity contribution >= 4 is 5.69 Å². The Morgan fingerprint density at radius 1 is 1.10 bits per heavy atom. The van der Waals surface area contributed by atoms with Crippen molar-refractivity contribution in [3.05, 3.63) is 60.2 Å². The molecule has 0 aliphatic heterocycles. The van der Waals surface area contributed by atoms with Gasteiger partial charge in [0.05, 0.1) is 13.2 Å². The van der Waals surface area contributed by atoms with E-state index in [9.17, 15) is 5.26 Å². The van der Waals surface area contributed by atoms with Crippen molar-refractivity contribution in [1.82, 2.24) is 0 Å². The molecule has 0 N–H and O–H groups in total. The van der Waals surface area contributed by atoms with Gasteiger partial charge in [0.15, 0.2) is 0 Å². The Kier molecular flexibility index (Phi) is 4.62. The molecule has 0 saturated carbocycles.